The largest absolute Gasteiger partial charge is 0.474 e. The molecule has 1 N–H and O–H groups in total. The summed E-state index contributed by atoms with van der Waals surface area (Å²) in [6.45, 7) is 3.67. The third kappa shape index (κ3) is 3.79. The molecule has 0 unspecified atom stereocenters. The second-order valence-corrected chi connectivity index (χ2v) is 6.96. The average molecular weight is 471 g/mol. The second kappa shape index (κ2) is 7.04. The smallest absolute Gasteiger partial charge is 0.284 e. The first kappa shape index (κ1) is 17.7. The standard InChI is InChI=1S/C15H14IN5O3S/c1-8(2)24-13-9(6-20-7-11(16)18-15(20)19-13)12(22)17-10-4-3-5-21(25)14(10)23/h3-8,25H,1-2H3,(H,17,22). The average Bonchev–Trinajstić information content (AvgIpc) is 2.89. The van der Waals surface area contributed by atoms with Gasteiger partial charge in [-0.2, -0.15) is 4.98 Å². The molecule has 0 aromatic carbocycles. The van der Waals surface area contributed by atoms with Gasteiger partial charge in [-0.3, -0.25) is 18.0 Å². The Hall–Kier alpha value is -2.08. The lowest BCUT2D eigenvalue weighted by molar-refractivity contribution is 0.101. The van der Waals surface area contributed by atoms with Crippen molar-refractivity contribution in [3.05, 3.63) is 50.3 Å². The van der Waals surface area contributed by atoms with Gasteiger partial charge in [-0.1, -0.05) is 12.8 Å². The maximum absolute atomic E-state index is 12.7. The number of hydrogen-bond donors (Lipinski definition) is 2. The van der Waals surface area contributed by atoms with Gasteiger partial charge in [0.05, 0.1) is 6.10 Å². The van der Waals surface area contributed by atoms with E-state index in [9.17, 15) is 9.59 Å². The van der Waals surface area contributed by atoms with Crippen LogP contribution in [0.3, 0.4) is 0 Å². The molecule has 0 atom stereocenters. The molecule has 0 saturated carbocycles. The third-order valence-electron chi connectivity index (χ3n) is 3.15. The van der Waals surface area contributed by atoms with E-state index < -0.39 is 11.5 Å². The summed E-state index contributed by atoms with van der Waals surface area (Å²) >= 11 is 6.06. The minimum atomic E-state index is -0.509. The van der Waals surface area contributed by atoms with E-state index in [0.29, 0.717) is 5.78 Å². The Bertz CT molecular complexity index is 1010. The number of nitrogens with one attached hydrogen (secondary N) is 1. The summed E-state index contributed by atoms with van der Waals surface area (Å²) in [7, 11) is 0. The van der Waals surface area contributed by atoms with Crippen molar-refractivity contribution in [2.24, 2.45) is 0 Å². The highest BCUT2D eigenvalue weighted by Crippen LogP contribution is 2.20. The predicted octanol–water partition coefficient (Wildman–Crippen LogP) is 2.23. The van der Waals surface area contributed by atoms with E-state index in [2.05, 4.69) is 50.7 Å². The zero-order chi connectivity index (χ0) is 18.1. The van der Waals surface area contributed by atoms with Crippen molar-refractivity contribution in [3.8, 4) is 5.88 Å². The lowest BCUT2D eigenvalue weighted by atomic mass is 10.3. The number of halogens is 1. The first-order chi connectivity index (χ1) is 11.8. The highest BCUT2D eigenvalue weighted by molar-refractivity contribution is 14.1. The van der Waals surface area contributed by atoms with Crippen molar-refractivity contribution < 1.29 is 9.53 Å². The number of carbonyl (C=O) groups is 1. The van der Waals surface area contributed by atoms with Crippen molar-refractivity contribution in [2.75, 3.05) is 5.32 Å². The maximum atomic E-state index is 12.7. The molecule has 3 aromatic rings. The Kier molecular flexibility index (Phi) is 4.99. The molecule has 0 aliphatic rings. The molecule has 8 nitrogen and oxygen atoms in total. The lowest BCUT2D eigenvalue weighted by Crippen LogP contribution is -2.23. The molecular formula is C15H14IN5O3S. The topological polar surface area (TPSA) is 90.5 Å². The van der Waals surface area contributed by atoms with Gasteiger partial charge in [-0.25, -0.2) is 4.98 Å². The van der Waals surface area contributed by atoms with E-state index in [1.165, 1.54) is 12.3 Å². The first-order valence-corrected chi connectivity index (χ1v) is 8.77. The van der Waals surface area contributed by atoms with Gasteiger partial charge in [0.25, 0.3) is 11.5 Å². The van der Waals surface area contributed by atoms with Crippen LogP contribution in [0.25, 0.3) is 5.78 Å². The maximum Gasteiger partial charge on any atom is 0.284 e. The number of ether oxygens (including phenoxy) is 1. The van der Waals surface area contributed by atoms with E-state index in [0.717, 1.165) is 7.67 Å². The molecule has 130 valence electrons. The number of aromatic nitrogens is 4. The molecule has 0 spiro atoms. The van der Waals surface area contributed by atoms with Gasteiger partial charge in [0, 0.05) is 18.6 Å². The van der Waals surface area contributed by atoms with Crippen LogP contribution >= 0.6 is 35.4 Å². The molecule has 0 fully saturated rings. The SMILES string of the molecule is CC(C)Oc1nc2nc(I)cn2cc1C(=O)Nc1cccn(S)c1=O. The fourth-order valence-corrected chi connectivity index (χ4v) is 2.82. The van der Waals surface area contributed by atoms with Crippen LogP contribution in [0.15, 0.2) is 35.5 Å². The number of nitrogens with zero attached hydrogens (tertiary/aromatic N) is 4. The molecule has 1 amide bonds. The molecule has 3 rings (SSSR count). The molecule has 0 bridgehead atoms. The summed E-state index contributed by atoms with van der Waals surface area (Å²) in [6.07, 6.45) is 4.62. The summed E-state index contributed by atoms with van der Waals surface area (Å²) in [4.78, 5) is 33.3. The number of hydrogen-bond acceptors (Lipinski definition) is 6. The van der Waals surface area contributed by atoms with Gasteiger partial charge in [0.15, 0.2) is 0 Å². The predicted molar refractivity (Wildman–Crippen MR) is 105 cm³/mol. The summed E-state index contributed by atoms with van der Waals surface area (Å²) in [5.41, 5.74) is -0.126. The van der Waals surface area contributed by atoms with Gasteiger partial charge >= 0.3 is 0 Å². The quantitative estimate of drug-likeness (QED) is 0.450. The van der Waals surface area contributed by atoms with Gasteiger partial charge in [-0.05, 0) is 48.6 Å². The van der Waals surface area contributed by atoms with Gasteiger partial charge in [0.1, 0.15) is 15.0 Å². The summed E-state index contributed by atoms with van der Waals surface area (Å²) in [5, 5.41) is 2.58. The number of anilines is 1. The fourth-order valence-electron chi connectivity index (χ4n) is 2.11. The second-order valence-electron chi connectivity index (χ2n) is 5.42. The van der Waals surface area contributed by atoms with Crippen LogP contribution in [0.4, 0.5) is 5.69 Å². The highest BCUT2D eigenvalue weighted by Gasteiger charge is 2.19. The highest BCUT2D eigenvalue weighted by atomic mass is 127. The van der Waals surface area contributed by atoms with Crippen LogP contribution in [0, 0.1) is 3.70 Å². The summed E-state index contributed by atoms with van der Waals surface area (Å²) in [5.74, 6) is 0.0727. The number of thiol groups is 1. The van der Waals surface area contributed by atoms with Gasteiger partial charge in [-0.15, -0.1) is 0 Å². The molecule has 10 heteroatoms. The fraction of sp³-hybridized carbons (Fsp3) is 0.200. The number of rotatable bonds is 4. The minimum Gasteiger partial charge on any atom is -0.474 e. The van der Waals surface area contributed by atoms with E-state index >= 15 is 0 Å². The first-order valence-electron chi connectivity index (χ1n) is 7.29. The molecule has 0 saturated heterocycles. The zero-order valence-electron chi connectivity index (χ0n) is 13.3. The van der Waals surface area contributed by atoms with Crippen LogP contribution in [0.2, 0.25) is 0 Å². The van der Waals surface area contributed by atoms with Crippen molar-refractivity contribution in [1.29, 1.82) is 0 Å². The third-order valence-corrected chi connectivity index (χ3v) is 3.99. The Labute approximate surface area is 161 Å². The lowest BCUT2D eigenvalue weighted by Gasteiger charge is -2.13. The zero-order valence-corrected chi connectivity index (χ0v) is 16.4. The summed E-state index contributed by atoms with van der Waals surface area (Å²) < 4.78 is 9.10. The van der Waals surface area contributed by atoms with Crippen molar-refractivity contribution in [2.45, 2.75) is 20.0 Å². The van der Waals surface area contributed by atoms with Gasteiger partial charge in [0.2, 0.25) is 11.7 Å². The molecule has 0 radical (unpaired) electrons. The minimum absolute atomic E-state index is 0.110. The summed E-state index contributed by atoms with van der Waals surface area (Å²) in [6, 6.07) is 3.11. The monoisotopic (exact) mass is 471 g/mol. The van der Waals surface area contributed by atoms with Crippen LogP contribution < -0.4 is 15.6 Å². The normalized spacial score (nSPS) is 11.1. The Morgan fingerprint density at radius 3 is 2.84 bits per heavy atom. The van der Waals surface area contributed by atoms with Crippen LogP contribution in [-0.4, -0.2) is 30.4 Å². The van der Waals surface area contributed by atoms with Crippen LogP contribution in [0.1, 0.15) is 24.2 Å². The molecule has 25 heavy (non-hydrogen) atoms. The van der Waals surface area contributed by atoms with Gasteiger partial charge < -0.3 is 10.1 Å². The number of pyridine rings is 1. The van der Waals surface area contributed by atoms with Crippen molar-refractivity contribution in [3.63, 3.8) is 0 Å². The van der Waals surface area contributed by atoms with Crippen LogP contribution in [0.5, 0.6) is 5.88 Å². The van der Waals surface area contributed by atoms with E-state index in [-0.39, 0.29) is 23.2 Å². The van der Waals surface area contributed by atoms with E-state index in [1.807, 2.05) is 13.8 Å². The molecule has 3 aromatic heterocycles. The molecule has 0 aliphatic heterocycles. The number of fused-ring (bicyclic) bond motifs is 1. The number of amides is 1. The van der Waals surface area contributed by atoms with Crippen molar-refractivity contribution >= 4 is 52.8 Å². The van der Waals surface area contributed by atoms with Crippen LogP contribution in [-0.2, 0) is 0 Å². The van der Waals surface area contributed by atoms with E-state index in [1.54, 1.807) is 22.9 Å². The number of imidazole rings is 1. The van der Waals surface area contributed by atoms with E-state index in [4.69, 9.17) is 4.74 Å². The Balaban J connectivity index is 2.04. The van der Waals surface area contributed by atoms with Crippen molar-refractivity contribution in [1.82, 2.24) is 18.3 Å². The molecule has 3 heterocycles. The molecule has 0 aliphatic carbocycles. The number of carbonyl (C=O) groups excluding carboxylic acids is 1. The Morgan fingerprint density at radius 1 is 1.36 bits per heavy atom. The molecular weight excluding hydrogens is 457 g/mol. The Morgan fingerprint density at radius 2 is 2.12 bits per heavy atom.